The molecule has 2 aromatic carbocycles. The van der Waals surface area contributed by atoms with Crippen molar-refractivity contribution in [3.05, 3.63) is 69.9 Å². The first-order valence-corrected chi connectivity index (χ1v) is 10.5. The fourth-order valence-electron chi connectivity index (χ4n) is 3.94. The second kappa shape index (κ2) is 9.16. The number of Topliss-reactive ketones (excluding diaryl/α,β-unsaturated/α-hetero) is 1. The van der Waals surface area contributed by atoms with E-state index in [9.17, 15) is 14.4 Å². The average Bonchev–Trinajstić information content (AvgIpc) is 3.11. The van der Waals surface area contributed by atoms with Gasteiger partial charge in [0.2, 0.25) is 5.91 Å². The fraction of sp³-hybridized carbons (Fsp3) is 0.320. The molecule has 1 heterocycles. The highest BCUT2D eigenvalue weighted by Crippen LogP contribution is 2.32. The first kappa shape index (κ1) is 22.3. The lowest BCUT2D eigenvalue weighted by molar-refractivity contribution is 0.0599. The molecule has 1 aromatic heterocycles. The predicted octanol–water partition coefficient (Wildman–Crippen LogP) is 4.44. The van der Waals surface area contributed by atoms with E-state index in [0.717, 1.165) is 28.6 Å². The van der Waals surface area contributed by atoms with Gasteiger partial charge in [0.25, 0.3) is 0 Å². The first-order valence-electron chi connectivity index (χ1n) is 10.5. The van der Waals surface area contributed by atoms with Crippen LogP contribution in [0.15, 0.2) is 36.4 Å². The number of benzene rings is 2. The van der Waals surface area contributed by atoms with Crippen molar-refractivity contribution in [1.29, 1.82) is 0 Å². The molecule has 0 bridgehead atoms. The standard InChI is InChI=1S/C25H28N2O4/c1-5-8-19-22(23(28)14(2)3)21-16(12-17(24(26)29)13-20(21)27-19)11-15-9-6-7-10-18(15)25(30)31-4/h6-7,9-10,12-14,27H,5,8,11H2,1-4H3,(H2,26,29). The molecule has 0 aliphatic rings. The van der Waals surface area contributed by atoms with Crippen molar-refractivity contribution in [2.75, 3.05) is 7.11 Å². The van der Waals surface area contributed by atoms with E-state index in [1.165, 1.54) is 7.11 Å². The molecule has 0 aliphatic carbocycles. The van der Waals surface area contributed by atoms with Crippen LogP contribution in [-0.4, -0.2) is 29.8 Å². The smallest absolute Gasteiger partial charge is 0.338 e. The van der Waals surface area contributed by atoms with Crippen LogP contribution in [0.1, 0.15) is 75.1 Å². The zero-order chi connectivity index (χ0) is 22.7. The zero-order valence-electron chi connectivity index (χ0n) is 18.4. The number of carbonyl (C=O) groups is 3. The number of nitrogens with two attached hydrogens (primary N) is 1. The molecule has 3 rings (SSSR count). The van der Waals surface area contributed by atoms with Crippen LogP contribution < -0.4 is 5.73 Å². The number of aromatic nitrogens is 1. The van der Waals surface area contributed by atoms with E-state index >= 15 is 0 Å². The Morgan fingerprint density at radius 3 is 2.42 bits per heavy atom. The molecular formula is C25H28N2O4. The Hall–Kier alpha value is -3.41. The van der Waals surface area contributed by atoms with Gasteiger partial charge in [-0.3, -0.25) is 9.59 Å². The van der Waals surface area contributed by atoms with E-state index in [4.69, 9.17) is 10.5 Å². The van der Waals surface area contributed by atoms with Crippen molar-refractivity contribution in [3.63, 3.8) is 0 Å². The van der Waals surface area contributed by atoms with E-state index in [0.29, 0.717) is 35.0 Å². The number of hydrogen-bond acceptors (Lipinski definition) is 4. The molecule has 0 atom stereocenters. The Morgan fingerprint density at radius 2 is 1.81 bits per heavy atom. The number of rotatable bonds is 8. The van der Waals surface area contributed by atoms with E-state index in [1.54, 1.807) is 24.3 Å². The number of aromatic amines is 1. The van der Waals surface area contributed by atoms with Crippen molar-refractivity contribution in [2.45, 2.75) is 40.0 Å². The number of H-pyrrole nitrogens is 1. The highest BCUT2D eigenvalue weighted by molar-refractivity contribution is 6.12. The third kappa shape index (κ3) is 4.38. The molecule has 0 saturated heterocycles. The number of aryl methyl sites for hydroxylation is 1. The van der Waals surface area contributed by atoms with Crippen LogP contribution in [-0.2, 0) is 17.6 Å². The van der Waals surface area contributed by atoms with Gasteiger partial charge in [-0.25, -0.2) is 4.79 Å². The molecule has 0 radical (unpaired) electrons. The number of esters is 1. The van der Waals surface area contributed by atoms with Crippen LogP contribution in [0.2, 0.25) is 0 Å². The van der Waals surface area contributed by atoms with Gasteiger partial charge in [-0.2, -0.15) is 0 Å². The Morgan fingerprint density at radius 1 is 1.10 bits per heavy atom. The molecule has 3 N–H and O–H groups in total. The molecule has 31 heavy (non-hydrogen) atoms. The summed E-state index contributed by atoms with van der Waals surface area (Å²) in [6.07, 6.45) is 1.94. The number of ketones is 1. The van der Waals surface area contributed by atoms with E-state index in [1.807, 2.05) is 26.0 Å². The summed E-state index contributed by atoms with van der Waals surface area (Å²) in [4.78, 5) is 40.8. The van der Waals surface area contributed by atoms with Crippen molar-refractivity contribution in [2.24, 2.45) is 11.7 Å². The third-order valence-corrected chi connectivity index (χ3v) is 5.42. The maximum atomic E-state index is 13.2. The lowest BCUT2D eigenvalue weighted by atomic mass is 9.90. The number of nitrogens with one attached hydrogen (secondary N) is 1. The van der Waals surface area contributed by atoms with Gasteiger partial charge in [0.05, 0.1) is 12.7 Å². The maximum Gasteiger partial charge on any atom is 0.338 e. The maximum absolute atomic E-state index is 13.2. The van der Waals surface area contributed by atoms with Gasteiger partial charge in [0.1, 0.15) is 0 Å². The van der Waals surface area contributed by atoms with Gasteiger partial charge in [0.15, 0.2) is 5.78 Å². The van der Waals surface area contributed by atoms with Crippen molar-refractivity contribution in [3.8, 4) is 0 Å². The number of methoxy groups -OCH3 is 1. The quantitative estimate of drug-likeness (QED) is 0.415. The summed E-state index contributed by atoms with van der Waals surface area (Å²) in [5.41, 5.74) is 10.1. The minimum absolute atomic E-state index is 0.0454. The molecule has 0 spiro atoms. The molecule has 0 saturated carbocycles. The Balaban J connectivity index is 2.30. The van der Waals surface area contributed by atoms with Crippen molar-refractivity contribution < 1.29 is 19.1 Å². The summed E-state index contributed by atoms with van der Waals surface area (Å²) in [6.45, 7) is 5.80. The molecule has 0 aliphatic heterocycles. The highest BCUT2D eigenvalue weighted by Gasteiger charge is 2.24. The lowest BCUT2D eigenvalue weighted by Crippen LogP contribution is -2.13. The molecule has 0 unspecified atom stereocenters. The Kier molecular flexibility index (Phi) is 6.59. The molecule has 6 nitrogen and oxygen atoms in total. The Bertz CT molecular complexity index is 1160. The van der Waals surface area contributed by atoms with Crippen LogP contribution >= 0.6 is 0 Å². The van der Waals surface area contributed by atoms with Crippen LogP contribution in [0.25, 0.3) is 10.9 Å². The van der Waals surface area contributed by atoms with Gasteiger partial charge >= 0.3 is 5.97 Å². The van der Waals surface area contributed by atoms with Gasteiger partial charge in [0, 0.05) is 33.6 Å². The number of amides is 1. The van der Waals surface area contributed by atoms with Crippen LogP contribution in [0.4, 0.5) is 0 Å². The number of fused-ring (bicyclic) bond motifs is 1. The fourth-order valence-corrected chi connectivity index (χ4v) is 3.94. The molecule has 162 valence electrons. The zero-order valence-corrected chi connectivity index (χ0v) is 18.4. The summed E-state index contributed by atoms with van der Waals surface area (Å²) in [7, 11) is 1.34. The SMILES string of the molecule is CCCc1[nH]c2cc(C(N)=O)cc(Cc3ccccc3C(=O)OC)c2c1C(=O)C(C)C. The van der Waals surface area contributed by atoms with Crippen molar-refractivity contribution in [1.82, 2.24) is 4.98 Å². The van der Waals surface area contributed by atoms with Gasteiger partial charge in [-0.15, -0.1) is 0 Å². The van der Waals surface area contributed by atoms with Crippen LogP contribution in [0.5, 0.6) is 0 Å². The number of primary amides is 1. The minimum atomic E-state index is -0.548. The van der Waals surface area contributed by atoms with Crippen LogP contribution in [0.3, 0.4) is 0 Å². The highest BCUT2D eigenvalue weighted by atomic mass is 16.5. The van der Waals surface area contributed by atoms with E-state index < -0.39 is 11.9 Å². The van der Waals surface area contributed by atoms with Gasteiger partial charge < -0.3 is 15.5 Å². The van der Waals surface area contributed by atoms with Gasteiger partial charge in [-0.05, 0) is 42.2 Å². The van der Waals surface area contributed by atoms with Crippen molar-refractivity contribution >= 4 is 28.6 Å². The minimum Gasteiger partial charge on any atom is -0.465 e. The second-order valence-corrected chi connectivity index (χ2v) is 8.00. The molecule has 3 aromatic rings. The summed E-state index contributed by atoms with van der Waals surface area (Å²) < 4.78 is 4.92. The van der Waals surface area contributed by atoms with E-state index in [2.05, 4.69) is 11.9 Å². The monoisotopic (exact) mass is 420 g/mol. The average molecular weight is 421 g/mol. The normalized spacial score (nSPS) is 11.1. The molecule has 1 amide bonds. The predicted molar refractivity (Wildman–Crippen MR) is 121 cm³/mol. The Labute approximate surface area is 181 Å². The number of hydrogen-bond donors (Lipinski definition) is 2. The number of ether oxygens (including phenoxy) is 1. The molecular weight excluding hydrogens is 392 g/mol. The lowest BCUT2D eigenvalue weighted by Gasteiger charge is -2.12. The largest absolute Gasteiger partial charge is 0.465 e. The third-order valence-electron chi connectivity index (χ3n) is 5.42. The second-order valence-electron chi connectivity index (χ2n) is 8.00. The summed E-state index contributed by atoms with van der Waals surface area (Å²) >= 11 is 0. The summed E-state index contributed by atoms with van der Waals surface area (Å²) in [6, 6.07) is 10.6. The van der Waals surface area contributed by atoms with Gasteiger partial charge in [-0.1, -0.05) is 45.4 Å². The topological polar surface area (TPSA) is 102 Å². The molecule has 6 heteroatoms. The summed E-state index contributed by atoms with van der Waals surface area (Å²) in [5.74, 6) is -1.12. The summed E-state index contributed by atoms with van der Waals surface area (Å²) in [5, 5.41) is 0.784. The first-order chi connectivity index (χ1) is 14.8. The van der Waals surface area contributed by atoms with Crippen LogP contribution in [0, 0.1) is 5.92 Å². The molecule has 0 fully saturated rings. The number of carbonyl (C=O) groups excluding carboxylic acids is 3. The van der Waals surface area contributed by atoms with E-state index in [-0.39, 0.29) is 11.7 Å².